The van der Waals surface area contributed by atoms with Gasteiger partial charge in [-0.2, -0.15) is 0 Å². The molecule has 1 nitrogen and oxygen atoms in total. The van der Waals surface area contributed by atoms with Crippen LogP contribution in [-0.2, 0) is 6.42 Å². The summed E-state index contributed by atoms with van der Waals surface area (Å²) in [5.41, 5.74) is 5.46. The minimum atomic E-state index is 1.15. The lowest BCUT2D eigenvalue weighted by molar-refractivity contribution is 1.15. The third-order valence-electron chi connectivity index (χ3n) is 2.35. The molecule has 1 N–H and O–H groups in total. The number of benzene rings is 1. The van der Waals surface area contributed by atoms with Crippen molar-refractivity contribution in [2.75, 3.05) is 16.8 Å². The Morgan fingerprint density at radius 1 is 1.23 bits per heavy atom. The molecule has 0 aromatic heterocycles. The van der Waals surface area contributed by atoms with Crippen LogP contribution in [0.2, 0.25) is 0 Å². The molecule has 0 amide bonds. The molecule has 0 fully saturated rings. The van der Waals surface area contributed by atoms with Gasteiger partial charge in [0.25, 0.3) is 0 Å². The summed E-state index contributed by atoms with van der Waals surface area (Å²) in [6.07, 6.45) is 1.15. The Hall–Kier alpha value is -0.250. The first-order valence-electron chi connectivity index (χ1n) is 4.53. The zero-order valence-corrected chi connectivity index (χ0v) is 10.6. The number of hydrogen-bond acceptors (Lipinski definition) is 1. The minimum absolute atomic E-state index is 1.15. The second-order valence-electron chi connectivity index (χ2n) is 3.28. The Labute approximate surface area is 94.1 Å². The SMILES string of the molecule is CNc1cc(C)c(C)cc1CCI. The van der Waals surface area contributed by atoms with Crippen LogP contribution in [0.15, 0.2) is 12.1 Å². The molecular formula is C11H16IN. The molecule has 72 valence electrons. The van der Waals surface area contributed by atoms with Gasteiger partial charge in [-0.25, -0.2) is 0 Å². The van der Waals surface area contributed by atoms with Crippen molar-refractivity contribution in [1.82, 2.24) is 0 Å². The molecule has 0 radical (unpaired) electrons. The first-order valence-corrected chi connectivity index (χ1v) is 6.05. The number of anilines is 1. The second-order valence-corrected chi connectivity index (χ2v) is 4.36. The molecule has 0 aliphatic heterocycles. The van der Waals surface area contributed by atoms with Crippen LogP contribution < -0.4 is 5.32 Å². The summed E-state index contributed by atoms with van der Waals surface area (Å²) < 4.78 is 1.18. The van der Waals surface area contributed by atoms with Crippen LogP contribution in [0, 0.1) is 13.8 Å². The molecular weight excluding hydrogens is 273 g/mol. The van der Waals surface area contributed by atoms with Gasteiger partial charge in [-0.1, -0.05) is 28.7 Å². The fourth-order valence-corrected chi connectivity index (χ4v) is 2.00. The van der Waals surface area contributed by atoms with Crippen molar-refractivity contribution in [3.8, 4) is 0 Å². The Balaban J connectivity index is 3.09. The summed E-state index contributed by atoms with van der Waals surface area (Å²) in [5.74, 6) is 0. The highest BCUT2D eigenvalue weighted by atomic mass is 127. The number of rotatable bonds is 3. The topological polar surface area (TPSA) is 12.0 Å². The fourth-order valence-electron chi connectivity index (χ4n) is 1.42. The van der Waals surface area contributed by atoms with Crippen LogP contribution in [-0.4, -0.2) is 11.5 Å². The molecule has 13 heavy (non-hydrogen) atoms. The predicted molar refractivity (Wildman–Crippen MR) is 68.1 cm³/mol. The normalized spacial score (nSPS) is 10.2. The maximum absolute atomic E-state index is 3.25. The maximum Gasteiger partial charge on any atom is 0.0373 e. The van der Waals surface area contributed by atoms with E-state index in [-0.39, 0.29) is 0 Å². The van der Waals surface area contributed by atoms with E-state index in [9.17, 15) is 0 Å². The van der Waals surface area contributed by atoms with E-state index in [1.807, 2.05) is 7.05 Å². The van der Waals surface area contributed by atoms with E-state index >= 15 is 0 Å². The van der Waals surface area contributed by atoms with Crippen LogP contribution in [0.5, 0.6) is 0 Å². The van der Waals surface area contributed by atoms with Crippen LogP contribution in [0.4, 0.5) is 5.69 Å². The van der Waals surface area contributed by atoms with Gasteiger partial charge in [-0.15, -0.1) is 0 Å². The second kappa shape index (κ2) is 4.84. The highest BCUT2D eigenvalue weighted by Gasteiger charge is 2.02. The van der Waals surface area contributed by atoms with E-state index in [1.165, 1.54) is 26.8 Å². The summed E-state index contributed by atoms with van der Waals surface area (Å²) in [5, 5.41) is 3.25. The van der Waals surface area contributed by atoms with Crippen molar-refractivity contribution < 1.29 is 0 Å². The Morgan fingerprint density at radius 3 is 2.38 bits per heavy atom. The molecule has 0 bridgehead atoms. The third kappa shape index (κ3) is 2.59. The van der Waals surface area contributed by atoms with Crippen LogP contribution in [0.3, 0.4) is 0 Å². The molecule has 0 atom stereocenters. The van der Waals surface area contributed by atoms with E-state index < -0.39 is 0 Å². The van der Waals surface area contributed by atoms with Gasteiger partial charge in [0.2, 0.25) is 0 Å². The summed E-state index contributed by atoms with van der Waals surface area (Å²) in [6.45, 7) is 4.33. The van der Waals surface area contributed by atoms with Crippen LogP contribution in [0.25, 0.3) is 0 Å². The third-order valence-corrected chi connectivity index (χ3v) is 2.89. The quantitative estimate of drug-likeness (QED) is 0.665. The van der Waals surface area contributed by atoms with E-state index in [1.54, 1.807) is 0 Å². The van der Waals surface area contributed by atoms with E-state index in [0.29, 0.717) is 0 Å². The van der Waals surface area contributed by atoms with Crippen molar-refractivity contribution in [2.24, 2.45) is 0 Å². The molecule has 2 heteroatoms. The van der Waals surface area contributed by atoms with Gasteiger partial charge in [-0.05, 0) is 43.0 Å². The molecule has 0 saturated heterocycles. The number of nitrogens with one attached hydrogen (secondary N) is 1. The number of halogens is 1. The molecule has 1 aromatic rings. The van der Waals surface area contributed by atoms with Gasteiger partial charge < -0.3 is 5.32 Å². The molecule has 1 aromatic carbocycles. The van der Waals surface area contributed by atoms with Crippen molar-refractivity contribution in [1.29, 1.82) is 0 Å². The van der Waals surface area contributed by atoms with Crippen LogP contribution >= 0.6 is 22.6 Å². The smallest absolute Gasteiger partial charge is 0.0373 e. The number of hydrogen-bond donors (Lipinski definition) is 1. The Morgan fingerprint density at radius 2 is 1.85 bits per heavy atom. The molecule has 0 unspecified atom stereocenters. The van der Waals surface area contributed by atoms with Crippen molar-refractivity contribution >= 4 is 28.3 Å². The first kappa shape index (κ1) is 10.8. The molecule has 0 aliphatic rings. The zero-order chi connectivity index (χ0) is 9.84. The van der Waals surface area contributed by atoms with E-state index in [0.717, 1.165) is 6.42 Å². The summed E-state index contributed by atoms with van der Waals surface area (Å²) >= 11 is 2.42. The highest BCUT2D eigenvalue weighted by molar-refractivity contribution is 14.1. The molecule has 0 saturated carbocycles. The number of aryl methyl sites for hydroxylation is 3. The summed E-state index contributed by atoms with van der Waals surface area (Å²) in [4.78, 5) is 0. The molecule has 0 aliphatic carbocycles. The van der Waals surface area contributed by atoms with Gasteiger partial charge >= 0.3 is 0 Å². The van der Waals surface area contributed by atoms with Gasteiger partial charge in [-0.3, -0.25) is 0 Å². The Bertz CT molecular complexity index is 294. The standard InChI is InChI=1S/C11H16IN/c1-8-6-10(4-5-12)11(13-3)7-9(8)2/h6-7,13H,4-5H2,1-3H3. The highest BCUT2D eigenvalue weighted by Crippen LogP contribution is 2.21. The zero-order valence-electron chi connectivity index (χ0n) is 8.45. The molecule has 1 rings (SSSR count). The largest absolute Gasteiger partial charge is 0.388 e. The average molecular weight is 289 g/mol. The lowest BCUT2D eigenvalue weighted by atomic mass is 10.0. The van der Waals surface area contributed by atoms with Gasteiger partial charge in [0.05, 0.1) is 0 Å². The van der Waals surface area contributed by atoms with Crippen LogP contribution in [0.1, 0.15) is 16.7 Å². The Kier molecular flexibility index (Phi) is 4.03. The van der Waals surface area contributed by atoms with Gasteiger partial charge in [0.15, 0.2) is 0 Å². The van der Waals surface area contributed by atoms with Gasteiger partial charge in [0, 0.05) is 17.2 Å². The monoisotopic (exact) mass is 289 g/mol. The molecule has 0 heterocycles. The molecule has 0 spiro atoms. The maximum atomic E-state index is 3.25. The average Bonchev–Trinajstić information content (AvgIpc) is 2.11. The van der Waals surface area contributed by atoms with E-state index in [4.69, 9.17) is 0 Å². The fraction of sp³-hybridized carbons (Fsp3) is 0.455. The first-order chi connectivity index (χ1) is 6.19. The number of alkyl halides is 1. The van der Waals surface area contributed by atoms with Gasteiger partial charge in [0.1, 0.15) is 0 Å². The lowest BCUT2D eigenvalue weighted by Crippen LogP contribution is -1.98. The van der Waals surface area contributed by atoms with E-state index in [2.05, 4.69) is 53.9 Å². The van der Waals surface area contributed by atoms with Crippen molar-refractivity contribution in [2.45, 2.75) is 20.3 Å². The lowest BCUT2D eigenvalue weighted by Gasteiger charge is -2.11. The van der Waals surface area contributed by atoms with Crippen molar-refractivity contribution in [3.05, 3.63) is 28.8 Å². The summed E-state index contributed by atoms with van der Waals surface area (Å²) in [6, 6.07) is 4.52. The minimum Gasteiger partial charge on any atom is -0.388 e. The van der Waals surface area contributed by atoms with Crippen molar-refractivity contribution in [3.63, 3.8) is 0 Å². The summed E-state index contributed by atoms with van der Waals surface area (Å²) in [7, 11) is 1.99. The predicted octanol–water partition coefficient (Wildman–Crippen LogP) is 3.32.